The molecule has 0 heterocycles. The molecule has 23 heavy (non-hydrogen) atoms. The van der Waals surface area contributed by atoms with Gasteiger partial charge in [-0.2, -0.15) is 0 Å². The first-order valence-corrected chi connectivity index (χ1v) is 8.18. The van der Waals surface area contributed by atoms with Crippen LogP contribution < -0.4 is 15.2 Å². The largest absolute Gasteiger partial charge is 0.497 e. The van der Waals surface area contributed by atoms with E-state index in [-0.39, 0.29) is 0 Å². The molecule has 0 fully saturated rings. The van der Waals surface area contributed by atoms with Gasteiger partial charge in [0.05, 0.1) is 13.7 Å². The molecule has 0 spiro atoms. The zero-order chi connectivity index (χ0) is 16.7. The zero-order valence-corrected chi connectivity index (χ0v) is 14.3. The highest BCUT2D eigenvalue weighted by Gasteiger charge is 2.10. The van der Waals surface area contributed by atoms with Crippen LogP contribution in [0.2, 0.25) is 0 Å². The van der Waals surface area contributed by atoms with Crippen molar-refractivity contribution in [1.82, 2.24) is 0 Å². The highest BCUT2D eigenvalue weighted by atomic mass is 16.5. The standard InChI is InChI=1S/C20H27NO2/c1-15-6-4-7-16(2)20(15)23-13-5-8-18(14-21)17-9-11-19(22-3)12-10-17/h4,6-7,9-12,18H,5,8,13-14,21H2,1-3H3. The monoisotopic (exact) mass is 313 g/mol. The summed E-state index contributed by atoms with van der Waals surface area (Å²) in [5.74, 6) is 2.26. The molecule has 2 aromatic rings. The Balaban J connectivity index is 1.86. The highest BCUT2D eigenvalue weighted by Crippen LogP contribution is 2.25. The molecule has 0 radical (unpaired) electrons. The van der Waals surface area contributed by atoms with Gasteiger partial charge in [-0.05, 0) is 68.0 Å². The molecule has 124 valence electrons. The van der Waals surface area contributed by atoms with Crippen LogP contribution in [0.25, 0.3) is 0 Å². The first-order chi connectivity index (χ1) is 11.2. The van der Waals surface area contributed by atoms with Crippen LogP contribution in [0.3, 0.4) is 0 Å². The van der Waals surface area contributed by atoms with E-state index >= 15 is 0 Å². The second-order valence-electron chi connectivity index (χ2n) is 5.92. The summed E-state index contributed by atoms with van der Waals surface area (Å²) in [6.07, 6.45) is 2.01. The first kappa shape index (κ1) is 17.4. The first-order valence-electron chi connectivity index (χ1n) is 8.18. The average molecular weight is 313 g/mol. The van der Waals surface area contributed by atoms with E-state index in [1.807, 2.05) is 12.1 Å². The summed E-state index contributed by atoms with van der Waals surface area (Å²) < 4.78 is 11.2. The van der Waals surface area contributed by atoms with Gasteiger partial charge in [0.1, 0.15) is 11.5 Å². The molecule has 0 saturated heterocycles. The van der Waals surface area contributed by atoms with Gasteiger partial charge in [-0.1, -0.05) is 30.3 Å². The Labute approximate surface area is 139 Å². The van der Waals surface area contributed by atoms with Crippen molar-refractivity contribution < 1.29 is 9.47 Å². The molecule has 0 amide bonds. The summed E-state index contributed by atoms with van der Waals surface area (Å²) in [6, 6.07) is 14.4. The maximum atomic E-state index is 5.97. The summed E-state index contributed by atoms with van der Waals surface area (Å²) in [7, 11) is 1.68. The summed E-state index contributed by atoms with van der Waals surface area (Å²) >= 11 is 0. The fourth-order valence-corrected chi connectivity index (χ4v) is 2.83. The van der Waals surface area contributed by atoms with Crippen LogP contribution >= 0.6 is 0 Å². The third-order valence-corrected chi connectivity index (χ3v) is 4.22. The molecule has 1 atom stereocenters. The normalized spacial score (nSPS) is 12.0. The number of benzene rings is 2. The van der Waals surface area contributed by atoms with Crippen molar-refractivity contribution in [2.24, 2.45) is 5.73 Å². The average Bonchev–Trinajstić information content (AvgIpc) is 2.57. The van der Waals surface area contributed by atoms with Gasteiger partial charge in [0.25, 0.3) is 0 Å². The SMILES string of the molecule is COc1ccc(C(CN)CCCOc2c(C)cccc2C)cc1. The van der Waals surface area contributed by atoms with Crippen LogP contribution in [0.1, 0.15) is 35.4 Å². The summed E-state index contributed by atoms with van der Waals surface area (Å²) in [6.45, 7) is 5.54. The minimum atomic E-state index is 0.363. The van der Waals surface area contributed by atoms with Crippen LogP contribution in [-0.2, 0) is 0 Å². The van der Waals surface area contributed by atoms with E-state index in [9.17, 15) is 0 Å². The lowest BCUT2D eigenvalue weighted by Crippen LogP contribution is -2.14. The minimum Gasteiger partial charge on any atom is -0.497 e. The number of ether oxygens (including phenoxy) is 2. The summed E-state index contributed by atoms with van der Waals surface area (Å²) in [5.41, 5.74) is 9.59. The maximum Gasteiger partial charge on any atom is 0.125 e. The van der Waals surface area contributed by atoms with Gasteiger partial charge in [0.2, 0.25) is 0 Å². The lowest BCUT2D eigenvalue weighted by atomic mass is 9.94. The van der Waals surface area contributed by atoms with E-state index in [1.165, 1.54) is 16.7 Å². The fourth-order valence-electron chi connectivity index (χ4n) is 2.83. The van der Waals surface area contributed by atoms with Crippen LogP contribution in [0.4, 0.5) is 0 Å². The van der Waals surface area contributed by atoms with Gasteiger partial charge in [0, 0.05) is 0 Å². The van der Waals surface area contributed by atoms with Crippen molar-refractivity contribution in [1.29, 1.82) is 0 Å². The number of nitrogens with two attached hydrogens (primary N) is 1. The van der Waals surface area contributed by atoms with E-state index < -0.39 is 0 Å². The Morgan fingerprint density at radius 1 is 1.00 bits per heavy atom. The number of para-hydroxylation sites is 1. The molecule has 2 N–H and O–H groups in total. The third kappa shape index (κ3) is 4.73. The van der Waals surface area contributed by atoms with Crippen molar-refractivity contribution in [3.8, 4) is 11.5 Å². The van der Waals surface area contributed by atoms with E-state index in [0.29, 0.717) is 12.5 Å². The van der Waals surface area contributed by atoms with E-state index in [1.54, 1.807) is 7.11 Å². The van der Waals surface area contributed by atoms with Gasteiger partial charge in [-0.25, -0.2) is 0 Å². The molecular formula is C20H27NO2. The Morgan fingerprint density at radius 2 is 1.65 bits per heavy atom. The topological polar surface area (TPSA) is 44.5 Å². The number of hydrogen-bond donors (Lipinski definition) is 1. The van der Waals surface area contributed by atoms with Crippen LogP contribution in [0.5, 0.6) is 11.5 Å². The lowest BCUT2D eigenvalue weighted by Gasteiger charge is -2.17. The second-order valence-corrected chi connectivity index (χ2v) is 5.92. The Morgan fingerprint density at radius 3 is 2.22 bits per heavy atom. The number of methoxy groups -OCH3 is 1. The number of aryl methyl sites for hydroxylation is 2. The third-order valence-electron chi connectivity index (χ3n) is 4.22. The highest BCUT2D eigenvalue weighted by molar-refractivity contribution is 5.39. The molecule has 2 aromatic carbocycles. The van der Waals surface area contributed by atoms with Crippen molar-refractivity contribution in [2.45, 2.75) is 32.6 Å². The number of hydrogen-bond acceptors (Lipinski definition) is 3. The van der Waals surface area contributed by atoms with E-state index in [4.69, 9.17) is 15.2 Å². The molecule has 0 saturated carbocycles. The van der Waals surface area contributed by atoms with E-state index in [0.717, 1.165) is 30.9 Å². The molecule has 0 aliphatic rings. The Hall–Kier alpha value is -2.00. The fraction of sp³-hybridized carbons (Fsp3) is 0.400. The quantitative estimate of drug-likeness (QED) is 0.742. The van der Waals surface area contributed by atoms with Gasteiger partial charge >= 0.3 is 0 Å². The molecule has 0 aromatic heterocycles. The van der Waals surface area contributed by atoms with Crippen molar-refractivity contribution in [3.63, 3.8) is 0 Å². The van der Waals surface area contributed by atoms with Crippen LogP contribution in [-0.4, -0.2) is 20.3 Å². The maximum absolute atomic E-state index is 5.97. The number of rotatable bonds is 8. The van der Waals surface area contributed by atoms with Gasteiger partial charge < -0.3 is 15.2 Å². The summed E-state index contributed by atoms with van der Waals surface area (Å²) in [5, 5.41) is 0. The van der Waals surface area contributed by atoms with E-state index in [2.05, 4.69) is 44.2 Å². The molecule has 1 unspecified atom stereocenters. The van der Waals surface area contributed by atoms with Gasteiger partial charge in [-0.3, -0.25) is 0 Å². The molecule has 0 aliphatic carbocycles. The van der Waals surface area contributed by atoms with Crippen LogP contribution in [0, 0.1) is 13.8 Å². The van der Waals surface area contributed by atoms with Crippen molar-refractivity contribution >= 4 is 0 Å². The van der Waals surface area contributed by atoms with Gasteiger partial charge in [-0.15, -0.1) is 0 Å². The summed E-state index contributed by atoms with van der Waals surface area (Å²) in [4.78, 5) is 0. The van der Waals surface area contributed by atoms with Crippen molar-refractivity contribution in [2.75, 3.05) is 20.3 Å². The molecule has 0 aliphatic heterocycles. The smallest absolute Gasteiger partial charge is 0.125 e. The molecule has 3 heteroatoms. The predicted octanol–water partition coefficient (Wildman–Crippen LogP) is 4.21. The van der Waals surface area contributed by atoms with Crippen LogP contribution in [0.15, 0.2) is 42.5 Å². The molecule has 3 nitrogen and oxygen atoms in total. The minimum absolute atomic E-state index is 0.363. The zero-order valence-electron chi connectivity index (χ0n) is 14.3. The lowest BCUT2D eigenvalue weighted by molar-refractivity contribution is 0.298. The molecular weight excluding hydrogens is 286 g/mol. The molecule has 0 bridgehead atoms. The van der Waals surface area contributed by atoms with Gasteiger partial charge in [0.15, 0.2) is 0 Å². The second kappa shape index (κ2) is 8.59. The van der Waals surface area contributed by atoms with Crippen molar-refractivity contribution in [3.05, 3.63) is 59.2 Å². The predicted molar refractivity (Wildman–Crippen MR) is 95.4 cm³/mol. The Bertz CT molecular complexity index is 587. The molecule has 2 rings (SSSR count). The Kier molecular flexibility index (Phi) is 6.48.